The van der Waals surface area contributed by atoms with E-state index in [9.17, 15) is 18.0 Å². The number of sulfonamides is 1. The van der Waals surface area contributed by atoms with Crippen LogP contribution in [0, 0.1) is 0 Å². The SMILES string of the molecule is CN(C)CCN(CC(=O)OC(C)(C)C)C(=O)CNS(=O)(=O)c1cccs1. The van der Waals surface area contributed by atoms with E-state index in [1.807, 2.05) is 19.0 Å². The summed E-state index contributed by atoms with van der Waals surface area (Å²) in [4.78, 5) is 27.7. The minimum absolute atomic E-state index is 0.136. The van der Waals surface area contributed by atoms with E-state index in [-0.39, 0.29) is 17.3 Å². The summed E-state index contributed by atoms with van der Waals surface area (Å²) in [6.07, 6.45) is 0. The van der Waals surface area contributed by atoms with Crippen molar-refractivity contribution in [3.63, 3.8) is 0 Å². The van der Waals surface area contributed by atoms with Gasteiger partial charge < -0.3 is 14.5 Å². The van der Waals surface area contributed by atoms with Crippen LogP contribution in [-0.2, 0) is 24.3 Å². The second-order valence-corrected chi connectivity index (χ2v) is 9.90. The van der Waals surface area contributed by atoms with Gasteiger partial charge >= 0.3 is 5.97 Å². The van der Waals surface area contributed by atoms with Crippen molar-refractivity contribution in [3.8, 4) is 0 Å². The summed E-state index contributed by atoms with van der Waals surface area (Å²) in [5, 5.41) is 1.64. The van der Waals surface area contributed by atoms with E-state index in [4.69, 9.17) is 4.74 Å². The Morgan fingerprint density at radius 1 is 1.23 bits per heavy atom. The number of esters is 1. The third kappa shape index (κ3) is 8.26. The minimum Gasteiger partial charge on any atom is -0.459 e. The summed E-state index contributed by atoms with van der Waals surface area (Å²) in [6, 6.07) is 3.08. The van der Waals surface area contributed by atoms with Gasteiger partial charge in [-0.05, 0) is 46.3 Å². The fourth-order valence-corrected chi connectivity index (χ4v) is 3.91. The van der Waals surface area contributed by atoms with Gasteiger partial charge in [0.2, 0.25) is 5.91 Å². The molecule has 0 saturated carbocycles. The van der Waals surface area contributed by atoms with Gasteiger partial charge in [-0.2, -0.15) is 0 Å². The van der Waals surface area contributed by atoms with E-state index in [1.165, 1.54) is 11.0 Å². The van der Waals surface area contributed by atoms with E-state index < -0.39 is 34.0 Å². The Balaban J connectivity index is 2.72. The normalized spacial score (nSPS) is 12.2. The molecule has 1 aromatic rings. The molecule has 0 aliphatic heterocycles. The van der Waals surface area contributed by atoms with Gasteiger partial charge in [-0.3, -0.25) is 9.59 Å². The van der Waals surface area contributed by atoms with Crippen molar-refractivity contribution in [1.82, 2.24) is 14.5 Å². The molecule has 1 N–H and O–H groups in total. The summed E-state index contributed by atoms with van der Waals surface area (Å²) in [5.74, 6) is -1.02. The number of rotatable bonds is 9. The largest absolute Gasteiger partial charge is 0.459 e. The van der Waals surface area contributed by atoms with Crippen LogP contribution in [0.5, 0.6) is 0 Å². The van der Waals surface area contributed by atoms with Gasteiger partial charge in [0.1, 0.15) is 16.4 Å². The second-order valence-electron chi connectivity index (χ2n) is 6.96. The first-order valence-electron chi connectivity index (χ1n) is 8.08. The van der Waals surface area contributed by atoms with Crippen LogP contribution in [0.15, 0.2) is 21.7 Å². The molecule has 0 bridgehead atoms. The summed E-state index contributed by atoms with van der Waals surface area (Å²) >= 11 is 1.06. The monoisotopic (exact) mass is 405 g/mol. The van der Waals surface area contributed by atoms with Gasteiger partial charge in [0.25, 0.3) is 10.0 Å². The number of nitrogens with one attached hydrogen (secondary N) is 1. The number of hydrogen-bond donors (Lipinski definition) is 1. The second kappa shape index (κ2) is 9.45. The van der Waals surface area contributed by atoms with E-state index in [2.05, 4.69) is 4.72 Å². The fourth-order valence-electron chi connectivity index (χ4n) is 1.90. The lowest BCUT2D eigenvalue weighted by molar-refractivity contribution is -0.158. The van der Waals surface area contributed by atoms with Gasteiger partial charge in [0, 0.05) is 13.1 Å². The predicted molar refractivity (Wildman–Crippen MR) is 100 cm³/mol. The summed E-state index contributed by atoms with van der Waals surface area (Å²) in [7, 11) is -0.0539. The summed E-state index contributed by atoms with van der Waals surface area (Å²) in [6.45, 7) is 5.39. The zero-order valence-corrected chi connectivity index (χ0v) is 17.4. The van der Waals surface area contributed by atoms with Crippen molar-refractivity contribution in [1.29, 1.82) is 0 Å². The highest BCUT2D eigenvalue weighted by Crippen LogP contribution is 2.15. The molecule has 1 amide bonds. The minimum atomic E-state index is -3.74. The Morgan fingerprint density at radius 2 is 1.88 bits per heavy atom. The third-order valence-corrected chi connectivity index (χ3v) is 5.88. The average Bonchev–Trinajstić information content (AvgIpc) is 3.02. The highest BCUT2D eigenvalue weighted by Gasteiger charge is 2.24. The lowest BCUT2D eigenvalue weighted by Crippen LogP contribution is -2.46. The molecule has 0 aliphatic carbocycles. The number of hydrogen-bond acceptors (Lipinski definition) is 7. The Labute approximate surface area is 159 Å². The Kier molecular flexibility index (Phi) is 8.19. The lowest BCUT2D eigenvalue weighted by Gasteiger charge is -2.26. The van der Waals surface area contributed by atoms with Crippen LogP contribution in [0.1, 0.15) is 20.8 Å². The number of nitrogens with zero attached hydrogens (tertiary/aromatic N) is 2. The maximum Gasteiger partial charge on any atom is 0.326 e. The molecular formula is C16H27N3O5S2. The highest BCUT2D eigenvalue weighted by atomic mass is 32.2. The van der Waals surface area contributed by atoms with Gasteiger partial charge in [-0.1, -0.05) is 6.07 Å². The number of carbonyl (C=O) groups is 2. The van der Waals surface area contributed by atoms with Gasteiger partial charge in [0.15, 0.2) is 0 Å². The molecule has 1 aromatic heterocycles. The molecule has 0 saturated heterocycles. The number of thiophene rings is 1. The Hall–Kier alpha value is -1.49. The summed E-state index contributed by atoms with van der Waals surface area (Å²) in [5.41, 5.74) is -0.659. The van der Waals surface area contributed by atoms with Crippen LogP contribution in [0.2, 0.25) is 0 Å². The van der Waals surface area contributed by atoms with Crippen molar-refractivity contribution in [2.24, 2.45) is 0 Å². The van der Waals surface area contributed by atoms with Crippen LogP contribution in [-0.4, -0.2) is 76.0 Å². The molecule has 0 radical (unpaired) electrons. The molecule has 148 valence electrons. The molecular weight excluding hydrogens is 378 g/mol. The molecule has 0 fully saturated rings. The molecule has 0 atom stereocenters. The van der Waals surface area contributed by atoms with Crippen molar-refractivity contribution in [3.05, 3.63) is 17.5 Å². The van der Waals surface area contributed by atoms with E-state index in [0.717, 1.165) is 11.3 Å². The van der Waals surface area contributed by atoms with E-state index >= 15 is 0 Å². The topological polar surface area (TPSA) is 96.0 Å². The zero-order chi connectivity index (χ0) is 20.0. The van der Waals surface area contributed by atoms with Crippen LogP contribution >= 0.6 is 11.3 Å². The smallest absolute Gasteiger partial charge is 0.326 e. The Morgan fingerprint density at radius 3 is 2.38 bits per heavy atom. The van der Waals surface area contributed by atoms with Gasteiger partial charge in [-0.25, -0.2) is 13.1 Å². The number of likely N-dealkylation sites (N-methyl/N-ethyl adjacent to an activating group) is 1. The highest BCUT2D eigenvalue weighted by molar-refractivity contribution is 7.91. The van der Waals surface area contributed by atoms with Crippen LogP contribution < -0.4 is 4.72 Å². The molecule has 1 heterocycles. The van der Waals surface area contributed by atoms with E-state index in [0.29, 0.717) is 6.54 Å². The maximum atomic E-state index is 12.4. The molecule has 0 unspecified atom stereocenters. The summed E-state index contributed by atoms with van der Waals surface area (Å²) < 4.78 is 31.9. The molecule has 26 heavy (non-hydrogen) atoms. The first kappa shape index (κ1) is 22.6. The average molecular weight is 406 g/mol. The fraction of sp³-hybridized carbons (Fsp3) is 0.625. The lowest BCUT2D eigenvalue weighted by atomic mass is 10.2. The molecule has 0 aromatic carbocycles. The number of carbonyl (C=O) groups excluding carboxylic acids is 2. The predicted octanol–water partition coefficient (Wildman–Crippen LogP) is 0.758. The van der Waals surface area contributed by atoms with Crippen molar-refractivity contribution < 1.29 is 22.7 Å². The number of ether oxygens (including phenoxy) is 1. The molecule has 8 nitrogen and oxygen atoms in total. The quantitative estimate of drug-likeness (QED) is 0.610. The third-order valence-electron chi connectivity index (χ3n) is 3.08. The van der Waals surface area contributed by atoms with Crippen molar-refractivity contribution in [2.45, 2.75) is 30.6 Å². The van der Waals surface area contributed by atoms with Crippen molar-refractivity contribution in [2.75, 3.05) is 40.3 Å². The van der Waals surface area contributed by atoms with Crippen LogP contribution in [0.25, 0.3) is 0 Å². The maximum absolute atomic E-state index is 12.4. The number of amides is 1. The van der Waals surface area contributed by atoms with Crippen LogP contribution in [0.4, 0.5) is 0 Å². The van der Waals surface area contributed by atoms with Gasteiger partial charge in [-0.15, -0.1) is 11.3 Å². The first-order valence-corrected chi connectivity index (χ1v) is 10.4. The molecule has 10 heteroatoms. The van der Waals surface area contributed by atoms with Crippen LogP contribution in [0.3, 0.4) is 0 Å². The van der Waals surface area contributed by atoms with Crippen molar-refractivity contribution >= 4 is 33.2 Å². The Bertz CT molecular complexity index is 694. The first-order chi connectivity index (χ1) is 11.9. The molecule has 0 spiro atoms. The van der Waals surface area contributed by atoms with E-state index in [1.54, 1.807) is 32.2 Å². The molecule has 0 aliphatic rings. The van der Waals surface area contributed by atoms with Gasteiger partial charge in [0.05, 0.1) is 6.54 Å². The standard InChI is InChI=1S/C16H27N3O5S2/c1-16(2,3)24-14(21)12-19(9-8-18(4)5)13(20)11-17-26(22,23)15-7-6-10-25-15/h6-7,10,17H,8-9,11-12H2,1-5H3. The molecule has 1 rings (SSSR count). The zero-order valence-electron chi connectivity index (χ0n) is 15.8.